The maximum Gasteiger partial charge on any atom is 0.458 e. The number of hydrogen-bond donors (Lipinski definition) is 0. The molecule has 0 N–H and O–H groups in total. The van der Waals surface area contributed by atoms with Gasteiger partial charge in [0, 0.05) is 11.5 Å². The SMILES string of the molecule is CCCCc1ccc(-c2cc(F)c(-c3cc(F)c(C#CC(F)(F)F)c(F)c3)c(F)c2)c(F)c1. The lowest BCUT2D eigenvalue weighted by molar-refractivity contribution is -0.0696. The molecule has 0 unspecified atom stereocenters. The van der Waals surface area contributed by atoms with Crippen LogP contribution in [0.1, 0.15) is 30.9 Å². The molecule has 0 atom stereocenters. The second-order valence-electron chi connectivity index (χ2n) is 7.30. The summed E-state index contributed by atoms with van der Waals surface area (Å²) in [4.78, 5) is 0. The molecule has 0 aliphatic heterocycles. The second-order valence-corrected chi connectivity index (χ2v) is 7.30. The summed E-state index contributed by atoms with van der Waals surface area (Å²) < 4.78 is 109. The number of unbranched alkanes of at least 4 members (excludes halogenated alkanes) is 1. The molecule has 3 aromatic carbocycles. The molecule has 0 aliphatic rings. The first kappa shape index (κ1) is 24.3. The van der Waals surface area contributed by atoms with E-state index >= 15 is 0 Å². The van der Waals surface area contributed by atoms with Gasteiger partial charge in [0.15, 0.2) is 0 Å². The molecule has 0 aliphatic carbocycles. The van der Waals surface area contributed by atoms with E-state index in [9.17, 15) is 35.1 Å². The van der Waals surface area contributed by atoms with E-state index in [1.54, 1.807) is 6.07 Å². The number of benzene rings is 3. The van der Waals surface area contributed by atoms with Crippen molar-refractivity contribution in [3.63, 3.8) is 0 Å². The average molecular weight is 468 g/mol. The molecule has 8 heteroatoms. The van der Waals surface area contributed by atoms with E-state index in [2.05, 4.69) is 0 Å². The van der Waals surface area contributed by atoms with Gasteiger partial charge in [0.25, 0.3) is 0 Å². The van der Waals surface area contributed by atoms with Gasteiger partial charge in [0.1, 0.15) is 29.1 Å². The molecule has 172 valence electrons. The van der Waals surface area contributed by atoms with E-state index < -0.39 is 52.0 Å². The Morgan fingerprint density at radius 2 is 1.30 bits per heavy atom. The Kier molecular flexibility index (Phi) is 7.11. The van der Waals surface area contributed by atoms with Crippen LogP contribution in [0.3, 0.4) is 0 Å². The molecular weight excluding hydrogens is 452 g/mol. The summed E-state index contributed by atoms with van der Waals surface area (Å²) >= 11 is 0. The van der Waals surface area contributed by atoms with E-state index in [0.29, 0.717) is 18.6 Å². The van der Waals surface area contributed by atoms with Crippen LogP contribution >= 0.6 is 0 Å². The summed E-state index contributed by atoms with van der Waals surface area (Å²) in [5, 5.41) is 0. The monoisotopic (exact) mass is 468 g/mol. The Hall–Kier alpha value is -3.34. The summed E-state index contributed by atoms with van der Waals surface area (Å²) in [6, 6.07) is 6.90. The first-order valence-electron chi connectivity index (χ1n) is 9.87. The topological polar surface area (TPSA) is 0 Å². The van der Waals surface area contributed by atoms with Gasteiger partial charge in [0.2, 0.25) is 0 Å². The van der Waals surface area contributed by atoms with Crippen molar-refractivity contribution < 1.29 is 35.1 Å². The zero-order chi connectivity index (χ0) is 24.3. The molecular formula is C25H16F8. The van der Waals surface area contributed by atoms with Crippen LogP contribution in [-0.2, 0) is 6.42 Å². The number of hydrogen-bond acceptors (Lipinski definition) is 0. The number of aryl methyl sites for hydroxylation is 1. The summed E-state index contributed by atoms with van der Waals surface area (Å²) in [5.41, 5.74) is -2.03. The molecule has 0 bridgehead atoms. The van der Waals surface area contributed by atoms with Gasteiger partial charge in [-0.15, -0.1) is 0 Å². The fraction of sp³-hybridized carbons (Fsp3) is 0.200. The van der Waals surface area contributed by atoms with Gasteiger partial charge in [-0.3, -0.25) is 0 Å². The van der Waals surface area contributed by atoms with Gasteiger partial charge < -0.3 is 0 Å². The molecule has 0 spiro atoms. The number of alkyl halides is 3. The van der Waals surface area contributed by atoms with Crippen LogP contribution in [0, 0.1) is 40.9 Å². The summed E-state index contributed by atoms with van der Waals surface area (Å²) in [7, 11) is 0. The third-order valence-electron chi connectivity index (χ3n) is 4.87. The van der Waals surface area contributed by atoms with Crippen molar-refractivity contribution in [2.75, 3.05) is 0 Å². The molecule has 0 heterocycles. The second kappa shape index (κ2) is 9.65. The van der Waals surface area contributed by atoms with Crippen LogP contribution in [0.5, 0.6) is 0 Å². The lowest BCUT2D eigenvalue weighted by atomic mass is 9.96. The molecule has 0 fully saturated rings. The van der Waals surface area contributed by atoms with Crippen molar-refractivity contribution in [3.05, 3.63) is 82.7 Å². The minimum Gasteiger partial charge on any atom is -0.206 e. The molecule has 3 rings (SSSR count). The molecule has 0 radical (unpaired) electrons. The molecule has 0 aromatic heterocycles. The van der Waals surface area contributed by atoms with E-state index in [0.717, 1.165) is 36.5 Å². The molecule has 0 amide bonds. The third-order valence-corrected chi connectivity index (χ3v) is 4.87. The van der Waals surface area contributed by atoms with Gasteiger partial charge in [0.05, 0.1) is 11.1 Å². The summed E-state index contributed by atoms with van der Waals surface area (Å²) in [6.07, 6.45) is -2.56. The first-order chi connectivity index (χ1) is 15.5. The Morgan fingerprint density at radius 1 is 0.727 bits per heavy atom. The predicted octanol–water partition coefficient (Wildman–Crippen LogP) is 7.97. The van der Waals surface area contributed by atoms with Crippen molar-refractivity contribution in [2.24, 2.45) is 0 Å². The van der Waals surface area contributed by atoms with Gasteiger partial charge in [-0.2, -0.15) is 13.2 Å². The van der Waals surface area contributed by atoms with E-state index in [4.69, 9.17) is 0 Å². The Balaban J connectivity index is 2.01. The van der Waals surface area contributed by atoms with Gasteiger partial charge in [-0.25, -0.2) is 22.0 Å². The molecule has 0 saturated heterocycles. The van der Waals surface area contributed by atoms with Gasteiger partial charge >= 0.3 is 6.18 Å². The summed E-state index contributed by atoms with van der Waals surface area (Å²) in [6.45, 7) is 1.99. The fourth-order valence-corrected chi connectivity index (χ4v) is 3.30. The van der Waals surface area contributed by atoms with E-state index in [-0.39, 0.29) is 11.1 Å². The Bertz CT molecular complexity index is 1200. The van der Waals surface area contributed by atoms with Crippen molar-refractivity contribution in [3.8, 4) is 34.1 Å². The maximum atomic E-state index is 14.7. The lowest BCUT2D eigenvalue weighted by Gasteiger charge is -2.11. The Morgan fingerprint density at radius 3 is 1.82 bits per heavy atom. The van der Waals surface area contributed by atoms with Crippen LogP contribution in [0.2, 0.25) is 0 Å². The smallest absolute Gasteiger partial charge is 0.206 e. The van der Waals surface area contributed by atoms with Crippen molar-refractivity contribution in [1.29, 1.82) is 0 Å². The predicted molar refractivity (Wildman–Crippen MR) is 109 cm³/mol. The molecule has 0 saturated carbocycles. The van der Waals surface area contributed by atoms with Crippen LogP contribution in [-0.4, -0.2) is 6.18 Å². The quantitative estimate of drug-likeness (QED) is 0.263. The van der Waals surface area contributed by atoms with Crippen LogP contribution in [0.4, 0.5) is 35.1 Å². The molecule has 0 nitrogen and oxygen atoms in total. The van der Waals surface area contributed by atoms with Gasteiger partial charge in [-0.1, -0.05) is 31.4 Å². The van der Waals surface area contributed by atoms with Crippen molar-refractivity contribution >= 4 is 0 Å². The third kappa shape index (κ3) is 5.72. The number of halogens is 8. The highest BCUT2D eigenvalue weighted by atomic mass is 19.4. The highest BCUT2D eigenvalue weighted by Gasteiger charge is 2.24. The fourth-order valence-electron chi connectivity index (χ4n) is 3.30. The minimum absolute atomic E-state index is 0.0604. The van der Waals surface area contributed by atoms with Crippen molar-refractivity contribution in [1.82, 2.24) is 0 Å². The van der Waals surface area contributed by atoms with Crippen LogP contribution < -0.4 is 0 Å². The zero-order valence-electron chi connectivity index (χ0n) is 17.2. The van der Waals surface area contributed by atoms with Crippen LogP contribution in [0.25, 0.3) is 22.3 Å². The standard InChI is InChI=1S/C25H16F8/c1-2-3-4-14-5-6-17(19(26)9-14)15-10-22(29)24(23(30)11-15)16-12-20(27)18(21(28)13-16)7-8-25(31,32)33/h5-6,9-13H,2-4H2,1H3. The molecule has 3 aromatic rings. The highest BCUT2D eigenvalue weighted by molar-refractivity contribution is 5.72. The van der Waals surface area contributed by atoms with Crippen molar-refractivity contribution in [2.45, 2.75) is 32.4 Å². The first-order valence-corrected chi connectivity index (χ1v) is 9.87. The number of rotatable bonds is 5. The highest BCUT2D eigenvalue weighted by Crippen LogP contribution is 2.34. The summed E-state index contributed by atoms with van der Waals surface area (Å²) in [5.74, 6) is -4.11. The Labute approximate surface area is 184 Å². The average Bonchev–Trinajstić information content (AvgIpc) is 2.70. The van der Waals surface area contributed by atoms with E-state index in [1.165, 1.54) is 18.1 Å². The van der Waals surface area contributed by atoms with E-state index in [1.807, 2.05) is 6.92 Å². The zero-order valence-corrected chi connectivity index (χ0v) is 17.2. The minimum atomic E-state index is -4.98. The maximum absolute atomic E-state index is 14.7. The largest absolute Gasteiger partial charge is 0.458 e. The molecule has 33 heavy (non-hydrogen) atoms. The van der Waals surface area contributed by atoms with Gasteiger partial charge in [-0.05, 0) is 59.9 Å². The van der Waals surface area contributed by atoms with Crippen LogP contribution in [0.15, 0.2) is 42.5 Å². The lowest BCUT2D eigenvalue weighted by Crippen LogP contribution is -2.03. The normalized spacial score (nSPS) is 11.3.